The second-order valence-electron chi connectivity index (χ2n) is 13.2. The zero-order valence-electron chi connectivity index (χ0n) is 22.7. The lowest BCUT2D eigenvalue weighted by molar-refractivity contribution is 0.435. The Morgan fingerprint density at radius 3 is 2.22 bits per heavy atom. The van der Waals surface area contributed by atoms with Crippen molar-refractivity contribution in [1.82, 2.24) is 0 Å². The summed E-state index contributed by atoms with van der Waals surface area (Å²) < 4.78 is 3.42. The Kier molecular flexibility index (Phi) is 5.55. The number of nitrogens with zero attached hydrogens (tertiary/aromatic N) is 1. The summed E-state index contributed by atoms with van der Waals surface area (Å²) in [7, 11) is 0. The number of aryl methyl sites for hydroxylation is 2. The molecule has 0 spiro atoms. The highest BCUT2D eigenvalue weighted by atomic mass is 32.2. The Morgan fingerprint density at radius 1 is 0.784 bits per heavy atom. The summed E-state index contributed by atoms with van der Waals surface area (Å²) >= 11 is 6.57. The molecule has 0 N–H and O–H groups in total. The topological polar surface area (TPSA) is 3.24 Å². The lowest BCUT2D eigenvalue weighted by Crippen LogP contribution is -2.60. The van der Waals surface area contributed by atoms with Crippen molar-refractivity contribution in [3.8, 4) is 0 Å². The maximum absolute atomic E-state index is 2.94. The lowest BCUT2D eigenvalue weighted by atomic mass is 9.40. The van der Waals surface area contributed by atoms with E-state index >= 15 is 0 Å². The summed E-state index contributed by atoms with van der Waals surface area (Å²) in [5, 5.41) is 0. The molecule has 1 fully saturated rings. The minimum atomic E-state index is 0.155. The molecule has 0 atom stereocenters. The predicted molar refractivity (Wildman–Crippen MR) is 165 cm³/mol. The molecule has 8 rings (SSSR count). The molecule has 192 valence electrons. The zero-order valence-corrected chi connectivity index (χ0v) is 25.1. The third-order valence-electron chi connectivity index (χ3n) is 9.77. The van der Waals surface area contributed by atoms with E-state index in [1.807, 2.05) is 0 Å². The van der Waals surface area contributed by atoms with Crippen molar-refractivity contribution in [2.75, 3.05) is 4.90 Å². The van der Waals surface area contributed by atoms with Crippen LogP contribution in [0.1, 0.15) is 105 Å². The van der Waals surface area contributed by atoms with Gasteiger partial charge in [-0.15, -0.1) is 0 Å². The van der Waals surface area contributed by atoms with E-state index in [0.717, 1.165) is 0 Å². The van der Waals surface area contributed by atoms with Gasteiger partial charge in [0.15, 0.2) is 0 Å². The van der Waals surface area contributed by atoms with E-state index in [9.17, 15) is 0 Å². The van der Waals surface area contributed by atoms with Crippen LogP contribution in [0.15, 0.2) is 21.9 Å². The van der Waals surface area contributed by atoms with Crippen molar-refractivity contribution in [2.24, 2.45) is 0 Å². The summed E-state index contributed by atoms with van der Waals surface area (Å²) in [5.74, 6) is 0. The van der Waals surface area contributed by atoms with Gasteiger partial charge in [0.25, 0.3) is 6.71 Å². The van der Waals surface area contributed by atoms with Crippen molar-refractivity contribution < 1.29 is 0 Å². The average Bonchev–Trinajstić information content (AvgIpc) is 3.47. The molecule has 0 amide bonds. The van der Waals surface area contributed by atoms with Gasteiger partial charge in [-0.2, -0.15) is 22.7 Å². The normalized spacial score (nSPS) is 20.7. The molecule has 0 radical (unpaired) electrons. The molecule has 2 aliphatic heterocycles. The Hall–Kier alpha value is -1.17. The highest BCUT2D eigenvalue weighted by molar-refractivity contribution is 8.00. The standard InChI is InChI=1S/C32H38BNS3/c1-32(2,3)19-17-23-27-26(18-19)35-29-22-14-8-10-16-25(22)37-31(29)33(27)30-28(21-13-7-9-15-24(21)36-30)34(23)20-11-5-4-6-12-20/h17-18,20H,4-16H2,1-3H3. The fourth-order valence-electron chi connectivity index (χ4n) is 7.84. The molecule has 0 unspecified atom stereocenters. The zero-order chi connectivity index (χ0) is 24.9. The Bertz CT molecular complexity index is 1400. The third kappa shape index (κ3) is 3.55. The highest BCUT2D eigenvalue weighted by Gasteiger charge is 2.47. The first-order valence-corrected chi connectivity index (χ1v) is 17.4. The van der Waals surface area contributed by atoms with Crippen molar-refractivity contribution >= 4 is 67.5 Å². The largest absolute Gasteiger partial charge is 0.338 e. The van der Waals surface area contributed by atoms with Crippen LogP contribution in [0.3, 0.4) is 0 Å². The molecule has 37 heavy (non-hydrogen) atoms. The minimum absolute atomic E-state index is 0.155. The molecule has 0 bridgehead atoms. The van der Waals surface area contributed by atoms with Gasteiger partial charge in [0.1, 0.15) is 0 Å². The molecule has 2 aromatic heterocycles. The van der Waals surface area contributed by atoms with Gasteiger partial charge in [0, 0.05) is 36.1 Å². The van der Waals surface area contributed by atoms with Gasteiger partial charge in [-0.25, -0.2) is 0 Å². The number of hydrogen-bond acceptors (Lipinski definition) is 4. The number of benzene rings is 1. The number of rotatable bonds is 1. The van der Waals surface area contributed by atoms with Crippen LogP contribution in [-0.4, -0.2) is 12.8 Å². The quantitative estimate of drug-likeness (QED) is 0.227. The summed E-state index contributed by atoms with van der Waals surface area (Å²) in [6.45, 7) is 7.71. The molecule has 1 saturated carbocycles. The van der Waals surface area contributed by atoms with Gasteiger partial charge in [0.2, 0.25) is 0 Å². The van der Waals surface area contributed by atoms with E-state index in [2.05, 4.69) is 72.2 Å². The van der Waals surface area contributed by atoms with E-state index in [0.29, 0.717) is 12.8 Å². The van der Waals surface area contributed by atoms with Gasteiger partial charge in [-0.3, -0.25) is 0 Å². The summed E-state index contributed by atoms with van der Waals surface area (Å²) in [6.07, 6.45) is 17.6. The fourth-order valence-corrected chi connectivity index (χ4v) is 12.4. The first-order valence-electron chi connectivity index (χ1n) is 14.9. The first kappa shape index (κ1) is 23.7. The van der Waals surface area contributed by atoms with Crippen molar-refractivity contribution in [2.45, 2.75) is 125 Å². The van der Waals surface area contributed by atoms with Crippen LogP contribution in [0, 0.1) is 0 Å². The number of anilines is 2. The molecule has 3 aliphatic carbocycles. The molecule has 1 aromatic carbocycles. The lowest BCUT2D eigenvalue weighted by Gasteiger charge is -2.44. The molecule has 0 saturated heterocycles. The van der Waals surface area contributed by atoms with Gasteiger partial charge >= 0.3 is 0 Å². The van der Waals surface area contributed by atoms with Crippen molar-refractivity contribution in [1.29, 1.82) is 0 Å². The Balaban J connectivity index is 1.43. The molecular formula is C32H38BNS3. The van der Waals surface area contributed by atoms with Gasteiger partial charge in [-0.05, 0) is 109 Å². The molecule has 5 aliphatic rings. The Morgan fingerprint density at radius 2 is 1.46 bits per heavy atom. The second-order valence-corrected chi connectivity index (χ2v) is 16.5. The Labute approximate surface area is 235 Å². The van der Waals surface area contributed by atoms with E-state index in [1.54, 1.807) is 57.1 Å². The highest BCUT2D eigenvalue weighted by Crippen LogP contribution is 2.49. The van der Waals surface area contributed by atoms with Crippen molar-refractivity contribution in [3.05, 3.63) is 38.6 Å². The van der Waals surface area contributed by atoms with Crippen LogP contribution in [0.4, 0.5) is 11.4 Å². The van der Waals surface area contributed by atoms with Crippen LogP contribution >= 0.6 is 34.4 Å². The summed E-state index contributed by atoms with van der Waals surface area (Å²) in [4.78, 5) is 9.62. The predicted octanol–water partition coefficient (Wildman–Crippen LogP) is 7.63. The fraction of sp³-hybridized carbons (Fsp3) is 0.562. The van der Waals surface area contributed by atoms with Gasteiger partial charge in [-0.1, -0.05) is 51.8 Å². The van der Waals surface area contributed by atoms with Crippen LogP contribution in [0.5, 0.6) is 0 Å². The first-order chi connectivity index (χ1) is 18.0. The number of hydrogen-bond donors (Lipinski definition) is 0. The van der Waals surface area contributed by atoms with Crippen LogP contribution in [0.2, 0.25) is 0 Å². The van der Waals surface area contributed by atoms with E-state index in [4.69, 9.17) is 0 Å². The molecule has 1 nitrogen and oxygen atoms in total. The molecule has 3 aromatic rings. The van der Waals surface area contributed by atoms with E-state index < -0.39 is 0 Å². The van der Waals surface area contributed by atoms with E-state index in [-0.39, 0.29) is 5.41 Å². The number of thiophene rings is 2. The summed E-state index contributed by atoms with van der Waals surface area (Å²) in [5.41, 5.74) is 10.1. The smallest absolute Gasteiger partial charge is 0.274 e. The molecular weight excluding hydrogens is 505 g/mol. The van der Waals surface area contributed by atoms with E-state index in [1.165, 1.54) is 89.0 Å². The number of fused-ring (bicyclic) bond motifs is 8. The van der Waals surface area contributed by atoms with Gasteiger partial charge < -0.3 is 4.90 Å². The monoisotopic (exact) mass is 543 g/mol. The third-order valence-corrected chi connectivity index (χ3v) is 13.8. The maximum atomic E-state index is 2.94. The van der Waals surface area contributed by atoms with Gasteiger partial charge in [0.05, 0.1) is 5.69 Å². The SMILES string of the molecule is CC(C)(C)c1cc2c3c(c1)N(C1CCCCC1)c1c(sc4c1CCCC4)B3c1sc3c(c1S2)CCCC3. The maximum Gasteiger partial charge on any atom is 0.274 e. The molecule has 5 heteroatoms. The van der Waals surface area contributed by atoms with Crippen LogP contribution < -0.4 is 19.9 Å². The average molecular weight is 544 g/mol. The van der Waals surface area contributed by atoms with Crippen LogP contribution in [-0.2, 0) is 31.1 Å². The second kappa shape index (κ2) is 8.67. The summed E-state index contributed by atoms with van der Waals surface area (Å²) in [6, 6.07) is 5.91. The minimum Gasteiger partial charge on any atom is -0.338 e. The molecule has 4 heterocycles. The van der Waals surface area contributed by atoms with Crippen LogP contribution in [0.25, 0.3) is 0 Å². The van der Waals surface area contributed by atoms with Crippen molar-refractivity contribution in [3.63, 3.8) is 0 Å².